The van der Waals surface area contributed by atoms with Crippen molar-refractivity contribution in [3.8, 4) is 0 Å². The Morgan fingerprint density at radius 3 is 2.37 bits per heavy atom. The Kier molecular flexibility index (Phi) is 4.10. The van der Waals surface area contributed by atoms with Gasteiger partial charge in [-0.25, -0.2) is 13.2 Å². The van der Waals surface area contributed by atoms with Gasteiger partial charge in [0.2, 0.25) is 0 Å². The maximum atomic E-state index is 13.3. The monoisotopic (exact) mass is 265 g/mol. The van der Waals surface area contributed by atoms with Crippen molar-refractivity contribution in [2.24, 2.45) is 0 Å². The maximum absolute atomic E-state index is 13.3. The summed E-state index contributed by atoms with van der Waals surface area (Å²) in [7, 11) is 0. The molecule has 1 nitrogen and oxygen atoms in total. The molecule has 0 unspecified atom stereocenters. The van der Waals surface area contributed by atoms with Crippen LogP contribution < -0.4 is 5.32 Å². The van der Waals surface area contributed by atoms with Crippen LogP contribution in [0.5, 0.6) is 0 Å². The number of halogens is 3. The van der Waals surface area contributed by atoms with Crippen molar-refractivity contribution in [3.63, 3.8) is 0 Å². The van der Waals surface area contributed by atoms with Crippen LogP contribution in [-0.2, 0) is 6.54 Å². The summed E-state index contributed by atoms with van der Waals surface area (Å²) >= 11 is 0. The summed E-state index contributed by atoms with van der Waals surface area (Å²) in [5.74, 6) is -0.266. The van der Waals surface area contributed by atoms with Gasteiger partial charge in [-0.15, -0.1) is 0 Å². The Morgan fingerprint density at radius 2 is 1.74 bits per heavy atom. The van der Waals surface area contributed by atoms with E-state index in [0.717, 1.165) is 5.56 Å². The van der Waals surface area contributed by atoms with Crippen molar-refractivity contribution in [3.05, 3.63) is 65.0 Å². The van der Waals surface area contributed by atoms with Crippen LogP contribution in [0.1, 0.15) is 23.1 Å². The van der Waals surface area contributed by atoms with Gasteiger partial charge >= 0.3 is 0 Å². The van der Waals surface area contributed by atoms with Gasteiger partial charge in [-0.1, -0.05) is 30.3 Å². The van der Waals surface area contributed by atoms with Crippen LogP contribution in [0, 0.1) is 12.7 Å². The van der Waals surface area contributed by atoms with E-state index >= 15 is 0 Å². The quantitative estimate of drug-likeness (QED) is 0.846. The third-order valence-corrected chi connectivity index (χ3v) is 2.98. The minimum absolute atomic E-state index is 0.00526. The maximum Gasteiger partial charge on any atom is 0.263 e. The summed E-state index contributed by atoms with van der Waals surface area (Å²) in [5, 5.41) is 3.09. The lowest BCUT2D eigenvalue weighted by Gasteiger charge is -2.10. The van der Waals surface area contributed by atoms with Gasteiger partial charge < -0.3 is 5.32 Å². The van der Waals surface area contributed by atoms with E-state index in [4.69, 9.17) is 0 Å². The molecule has 0 spiro atoms. The van der Waals surface area contributed by atoms with Crippen LogP contribution in [-0.4, -0.2) is 0 Å². The Hall–Kier alpha value is -1.97. The topological polar surface area (TPSA) is 12.0 Å². The fourth-order valence-corrected chi connectivity index (χ4v) is 1.78. The molecule has 0 fully saturated rings. The number of alkyl halides is 2. The minimum Gasteiger partial charge on any atom is -0.381 e. The molecule has 0 saturated heterocycles. The van der Waals surface area contributed by atoms with Crippen molar-refractivity contribution >= 4 is 5.69 Å². The van der Waals surface area contributed by atoms with Crippen LogP contribution in [0.15, 0.2) is 42.5 Å². The third kappa shape index (κ3) is 3.28. The van der Waals surface area contributed by atoms with Crippen LogP contribution >= 0.6 is 0 Å². The number of rotatable bonds is 4. The minimum atomic E-state index is -2.45. The number of anilines is 1. The van der Waals surface area contributed by atoms with E-state index in [0.29, 0.717) is 17.8 Å². The lowest BCUT2D eigenvalue weighted by molar-refractivity contribution is 0.151. The zero-order chi connectivity index (χ0) is 13.8. The number of hydrogen-bond donors (Lipinski definition) is 1. The second-order valence-corrected chi connectivity index (χ2v) is 4.31. The van der Waals surface area contributed by atoms with E-state index in [1.54, 1.807) is 31.2 Å². The third-order valence-electron chi connectivity index (χ3n) is 2.98. The van der Waals surface area contributed by atoms with Gasteiger partial charge in [0.15, 0.2) is 0 Å². The first-order valence-corrected chi connectivity index (χ1v) is 5.94. The van der Waals surface area contributed by atoms with Gasteiger partial charge in [-0.3, -0.25) is 0 Å². The highest BCUT2D eigenvalue weighted by Gasteiger charge is 2.06. The molecule has 2 aromatic carbocycles. The number of benzene rings is 2. The largest absolute Gasteiger partial charge is 0.381 e. The van der Waals surface area contributed by atoms with Gasteiger partial charge in [0.1, 0.15) is 5.82 Å². The molecule has 0 saturated carbocycles. The second-order valence-electron chi connectivity index (χ2n) is 4.31. The molecule has 19 heavy (non-hydrogen) atoms. The fraction of sp³-hybridized carbons (Fsp3) is 0.200. The second kappa shape index (κ2) is 5.78. The van der Waals surface area contributed by atoms with Gasteiger partial charge in [0.25, 0.3) is 6.43 Å². The van der Waals surface area contributed by atoms with Gasteiger partial charge in [0.05, 0.1) is 0 Å². The van der Waals surface area contributed by atoms with E-state index in [-0.39, 0.29) is 11.4 Å². The first kappa shape index (κ1) is 13.5. The summed E-state index contributed by atoms with van der Waals surface area (Å²) in [6.45, 7) is 2.16. The molecule has 100 valence electrons. The van der Waals surface area contributed by atoms with E-state index in [1.165, 1.54) is 18.2 Å². The highest BCUT2D eigenvalue weighted by Crippen LogP contribution is 2.20. The van der Waals surface area contributed by atoms with Crippen LogP contribution in [0.2, 0.25) is 0 Å². The molecule has 1 N–H and O–H groups in total. The molecule has 0 amide bonds. The normalized spacial score (nSPS) is 10.8. The van der Waals surface area contributed by atoms with Crippen LogP contribution in [0.4, 0.5) is 18.9 Å². The molecule has 0 aliphatic carbocycles. The summed E-state index contributed by atoms with van der Waals surface area (Å²) < 4.78 is 38.1. The van der Waals surface area contributed by atoms with Gasteiger partial charge in [-0.05, 0) is 24.6 Å². The van der Waals surface area contributed by atoms with Crippen molar-refractivity contribution in [2.75, 3.05) is 5.32 Å². The SMILES string of the molecule is Cc1c(F)cccc1NCc1ccc(C(F)F)cc1. The average molecular weight is 265 g/mol. The van der Waals surface area contributed by atoms with E-state index in [9.17, 15) is 13.2 Å². The lowest BCUT2D eigenvalue weighted by atomic mass is 10.1. The van der Waals surface area contributed by atoms with Crippen molar-refractivity contribution < 1.29 is 13.2 Å². The zero-order valence-electron chi connectivity index (χ0n) is 10.5. The highest BCUT2D eigenvalue weighted by molar-refractivity contribution is 5.51. The molecule has 0 bridgehead atoms. The Bertz CT molecular complexity index is 550. The first-order chi connectivity index (χ1) is 9.08. The van der Waals surface area contributed by atoms with Crippen LogP contribution in [0.25, 0.3) is 0 Å². The summed E-state index contributed by atoms with van der Waals surface area (Å²) in [4.78, 5) is 0. The summed E-state index contributed by atoms with van der Waals surface area (Å²) in [6, 6.07) is 10.9. The Labute approximate surface area is 110 Å². The molecule has 0 atom stereocenters. The van der Waals surface area contributed by atoms with Gasteiger partial charge in [0, 0.05) is 23.4 Å². The molecule has 2 rings (SSSR count). The smallest absolute Gasteiger partial charge is 0.263 e. The summed E-state index contributed by atoms with van der Waals surface area (Å²) in [6.07, 6.45) is -2.45. The number of hydrogen-bond acceptors (Lipinski definition) is 1. The van der Waals surface area contributed by atoms with E-state index in [2.05, 4.69) is 5.32 Å². The lowest BCUT2D eigenvalue weighted by Crippen LogP contribution is -2.02. The van der Waals surface area contributed by atoms with Crippen LogP contribution in [0.3, 0.4) is 0 Å². The Morgan fingerprint density at radius 1 is 1.05 bits per heavy atom. The van der Waals surface area contributed by atoms with E-state index < -0.39 is 6.43 Å². The van der Waals surface area contributed by atoms with Gasteiger partial charge in [-0.2, -0.15) is 0 Å². The molecule has 2 aromatic rings. The highest BCUT2D eigenvalue weighted by atomic mass is 19.3. The average Bonchev–Trinajstić information content (AvgIpc) is 2.41. The fourth-order valence-electron chi connectivity index (χ4n) is 1.78. The van der Waals surface area contributed by atoms with Crippen molar-refractivity contribution in [1.82, 2.24) is 0 Å². The molecule has 0 aliphatic heterocycles. The molecule has 0 radical (unpaired) electrons. The standard InChI is InChI=1S/C15H14F3N/c1-10-13(16)3-2-4-14(10)19-9-11-5-7-12(8-6-11)15(17)18/h2-8,15,19H,9H2,1H3. The predicted octanol–water partition coefficient (Wildman–Crippen LogP) is 4.68. The number of nitrogens with one attached hydrogen (secondary N) is 1. The molecule has 0 aromatic heterocycles. The Balaban J connectivity index is 2.04. The molecule has 0 aliphatic rings. The van der Waals surface area contributed by atoms with Crippen molar-refractivity contribution in [1.29, 1.82) is 0 Å². The zero-order valence-corrected chi connectivity index (χ0v) is 10.5. The first-order valence-electron chi connectivity index (χ1n) is 5.94. The summed E-state index contributed by atoms with van der Waals surface area (Å²) in [5.41, 5.74) is 2.13. The van der Waals surface area contributed by atoms with E-state index in [1.807, 2.05) is 0 Å². The van der Waals surface area contributed by atoms with Crippen molar-refractivity contribution in [2.45, 2.75) is 19.9 Å². The molecule has 0 heterocycles. The molecule has 4 heteroatoms. The predicted molar refractivity (Wildman–Crippen MR) is 69.9 cm³/mol. The molecular formula is C15H14F3N. The molecular weight excluding hydrogens is 251 g/mol.